The normalized spacial score (nSPS) is 14.8. The average molecular weight is 476 g/mol. The molecule has 1 aliphatic heterocycles. The van der Waals surface area contributed by atoms with Crippen molar-refractivity contribution in [2.45, 2.75) is 33.2 Å². The van der Waals surface area contributed by atoms with E-state index in [1.165, 1.54) is 4.90 Å². The van der Waals surface area contributed by atoms with Crippen LogP contribution >= 0.6 is 11.8 Å². The molecule has 0 radical (unpaired) electrons. The Hall–Kier alpha value is -3.58. The molecule has 0 spiro atoms. The van der Waals surface area contributed by atoms with Gasteiger partial charge >= 0.3 is 5.97 Å². The molecule has 4 rings (SSSR count). The number of furan rings is 1. The predicted octanol–water partition coefficient (Wildman–Crippen LogP) is 6.45. The lowest BCUT2D eigenvalue weighted by Gasteiger charge is -2.12. The third-order valence-corrected chi connectivity index (χ3v) is 6.28. The van der Waals surface area contributed by atoms with Crippen LogP contribution in [-0.2, 0) is 16.1 Å². The summed E-state index contributed by atoms with van der Waals surface area (Å²) in [7, 11) is 0. The van der Waals surface area contributed by atoms with Crippen LogP contribution in [0.5, 0.6) is 0 Å². The van der Waals surface area contributed by atoms with Crippen molar-refractivity contribution in [3.05, 3.63) is 88.0 Å². The number of hydrogen-bond acceptors (Lipinski definition) is 6. The third kappa shape index (κ3) is 5.48. The lowest BCUT2D eigenvalue weighted by atomic mass is 10.1. The second-order valence-corrected chi connectivity index (χ2v) is 9.02. The maximum Gasteiger partial charge on any atom is 0.338 e. The van der Waals surface area contributed by atoms with E-state index in [2.05, 4.69) is 0 Å². The maximum atomic E-state index is 12.8. The molecule has 0 bridgehead atoms. The quantitative estimate of drug-likeness (QED) is 0.212. The fourth-order valence-corrected chi connectivity index (χ4v) is 4.21. The second-order valence-electron chi connectivity index (χ2n) is 8.02. The summed E-state index contributed by atoms with van der Waals surface area (Å²) in [6.45, 7) is 4.67. The van der Waals surface area contributed by atoms with Crippen LogP contribution in [0.25, 0.3) is 17.4 Å². The van der Waals surface area contributed by atoms with Gasteiger partial charge in [0.25, 0.3) is 11.1 Å². The fraction of sp³-hybridized carbons (Fsp3) is 0.222. The van der Waals surface area contributed by atoms with Crippen molar-refractivity contribution in [3.8, 4) is 11.3 Å². The minimum absolute atomic E-state index is 0.235. The summed E-state index contributed by atoms with van der Waals surface area (Å²) < 4.78 is 11.1. The Bertz CT molecular complexity index is 1220. The molecule has 0 saturated carbocycles. The van der Waals surface area contributed by atoms with Crippen LogP contribution in [0.2, 0.25) is 0 Å². The van der Waals surface area contributed by atoms with E-state index in [1.807, 2.05) is 38.1 Å². The number of carbonyl (C=O) groups excluding carboxylic acids is 3. The van der Waals surface area contributed by atoms with Gasteiger partial charge in [0.15, 0.2) is 0 Å². The molecule has 1 saturated heterocycles. The minimum Gasteiger partial charge on any atom is -0.462 e. The molecule has 0 N–H and O–H groups in total. The van der Waals surface area contributed by atoms with Gasteiger partial charge in [-0.15, -0.1) is 0 Å². The molecule has 1 fully saturated rings. The number of imide groups is 1. The van der Waals surface area contributed by atoms with Crippen LogP contribution in [0, 0.1) is 6.92 Å². The van der Waals surface area contributed by atoms with Gasteiger partial charge in [-0.3, -0.25) is 14.5 Å². The first kappa shape index (κ1) is 23.6. The molecule has 34 heavy (non-hydrogen) atoms. The van der Waals surface area contributed by atoms with Gasteiger partial charge < -0.3 is 9.15 Å². The van der Waals surface area contributed by atoms with E-state index in [4.69, 9.17) is 9.15 Å². The van der Waals surface area contributed by atoms with Crippen molar-refractivity contribution in [3.63, 3.8) is 0 Å². The van der Waals surface area contributed by atoms with Crippen molar-refractivity contribution in [2.24, 2.45) is 0 Å². The van der Waals surface area contributed by atoms with Gasteiger partial charge in [-0.1, -0.05) is 55.3 Å². The summed E-state index contributed by atoms with van der Waals surface area (Å²) in [6.07, 6.45) is 3.39. The van der Waals surface area contributed by atoms with E-state index in [0.717, 1.165) is 41.3 Å². The molecule has 0 atom stereocenters. The molecule has 6 nitrogen and oxygen atoms in total. The van der Waals surface area contributed by atoms with Crippen molar-refractivity contribution >= 4 is 35.0 Å². The number of ether oxygens (including phenoxy) is 1. The second kappa shape index (κ2) is 10.6. The van der Waals surface area contributed by atoms with Crippen molar-refractivity contribution in [1.82, 2.24) is 4.90 Å². The van der Waals surface area contributed by atoms with Gasteiger partial charge in [-0.2, -0.15) is 0 Å². The molecule has 0 aliphatic carbocycles. The first-order chi connectivity index (χ1) is 16.4. The number of amides is 2. The molecule has 0 unspecified atom stereocenters. The van der Waals surface area contributed by atoms with E-state index < -0.39 is 0 Å². The molecule has 2 aromatic carbocycles. The van der Waals surface area contributed by atoms with E-state index in [9.17, 15) is 14.4 Å². The lowest BCUT2D eigenvalue weighted by Crippen LogP contribution is -2.27. The smallest absolute Gasteiger partial charge is 0.338 e. The number of aryl methyl sites for hydroxylation is 1. The number of nitrogens with zero attached hydrogens (tertiary/aromatic N) is 1. The van der Waals surface area contributed by atoms with Gasteiger partial charge in [0.1, 0.15) is 11.5 Å². The molecule has 2 amide bonds. The molecule has 7 heteroatoms. The first-order valence-electron chi connectivity index (χ1n) is 11.1. The van der Waals surface area contributed by atoms with Gasteiger partial charge in [-0.25, -0.2) is 4.79 Å². The number of hydrogen-bond donors (Lipinski definition) is 0. The monoisotopic (exact) mass is 475 g/mol. The number of benzene rings is 2. The number of thioether (sulfide) groups is 1. The molecule has 1 aliphatic rings. The van der Waals surface area contributed by atoms with E-state index in [0.29, 0.717) is 28.6 Å². The largest absolute Gasteiger partial charge is 0.462 e. The van der Waals surface area contributed by atoms with E-state index in [1.54, 1.807) is 42.5 Å². The Morgan fingerprint density at radius 2 is 1.76 bits per heavy atom. The Morgan fingerprint density at radius 3 is 2.47 bits per heavy atom. The Balaban J connectivity index is 1.43. The highest BCUT2D eigenvalue weighted by Gasteiger charge is 2.35. The first-order valence-corrected chi connectivity index (χ1v) is 11.9. The molecular formula is C27H25NO5S. The number of unbranched alkanes of at least 4 members (excludes halogenated alkanes) is 1. The zero-order chi connectivity index (χ0) is 24.1. The van der Waals surface area contributed by atoms with Crippen LogP contribution in [0.4, 0.5) is 4.79 Å². The SMILES string of the molecule is CCCCOC(=O)c1ccc(-c2ccc(/C=C3/SC(=O)N(Cc4ccc(C)cc4)C3=O)o2)cc1. The van der Waals surface area contributed by atoms with Gasteiger partial charge in [0, 0.05) is 11.6 Å². The molecule has 1 aromatic heterocycles. The van der Waals surface area contributed by atoms with E-state index >= 15 is 0 Å². The van der Waals surface area contributed by atoms with Crippen molar-refractivity contribution < 1.29 is 23.5 Å². The summed E-state index contributed by atoms with van der Waals surface area (Å²) in [6, 6.07) is 18.2. The predicted molar refractivity (Wildman–Crippen MR) is 132 cm³/mol. The molecular weight excluding hydrogens is 450 g/mol. The summed E-state index contributed by atoms with van der Waals surface area (Å²) in [5.41, 5.74) is 3.28. The highest BCUT2D eigenvalue weighted by molar-refractivity contribution is 8.18. The summed E-state index contributed by atoms with van der Waals surface area (Å²) in [5, 5.41) is -0.301. The van der Waals surface area contributed by atoms with Crippen molar-refractivity contribution in [1.29, 1.82) is 0 Å². The lowest BCUT2D eigenvalue weighted by molar-refractivity contribution is -0.123. The van der Waals surface area contributed by atoms with Crippen LogP contribution in [-0.4, -0.2) is 28.6 Å². The highest BCUT2D eigenvalue weighted by atomic mass is 32.2. The Kier molecular flexibility index (Phi) is 7.33. The summed E-state index contributed by atoms with van der Waals surface area (Å²) in [4.78, 5) is 38.8. The van der Waals surface area contributed by atoms with Crippen LogP contribution in [0.1, 0.15) is 47.0 Å². The van der Waals surface area contributed by atoms with Gasteiger partial charge in [0.2, 0.25) is 0 Å². The third-order valence-electron chi connectivity index (χ3n) is 5.37. The van der Waals surface area contributed by atoms with E-state index in [-0.39, 0.29) is 23.7 Å². The zero-order valence-electron chi connectivity index (χ0n) is 19.1. The minimum atomic E-state index is -0.346. The molecule has 3 aromatic rings. The van der Waals surface area contributed by atoms with Gasteiger partial charge in [0.05, 0.1) is 23.6 Å². The maximum absolute atomic E-state index is 12.8. The fourth-order valence-electron chi connectivity index (χ4n) is 3.39. The van der Waals surface area contributed by atoms with Crippen LogP contribution < -0.4 is 0 Å². The average Bonchev–Trinajstić information content (AvgIpc) is 3.41. The summed E-state index contributed by atoms with van der Waals surface area (Å²) in [5.74, 6) is 0.385. The highest BCUT2D eigenvalue weighted by Crippen LogP contribution is 2.34. The number of rotatable bonds is 8. The summed E-state index contributed by atoms with van der Waals surface area (Å²) >= 11 is 0.904. The van der Waals surface area contributed by atoms with Gasteiger partial charge in [-0.05, 0) is 54.9 Å². The number of carbonyl (C=O) groups is 3. The standard InChI is InChI=1S/C27H25NO5S/c1-3-4-15-32-26(30)21-11-9-20(10-12-21)23-14-13-22(33-23)16-24-25(29)28(27(31)34-24)17-19-7-5-18(2)6-8-19/h5-14,16H,3-4,15,17H2,1-2H3/b24-16+. The topological polar surface area (TPSA) is 76.8 Å². The molecule has 174 valence electrons. The number of esters is 1. The molecule has 2 heterocycles. The van der Waals surface area contributed by atoms with Crippen LogP contribution in [0.15, 0.2) is 70.0 Å². The van der Waals surface area contributed by atoms with Crippen LogP contribution in [0.3, 0.4) is 0 Å². The Morgan fingerprint density at radius 1 is 1.03 bits per heavy atom. The zero-order valence-corrected chi connectivity index (χ0v) is 19.9. The van der Waals surface area contributed by atoms with Crippen molar-refractivity contribution in [2.75, 3.05) is 6.61 Å². The Labute approximate surface area is 202 Å².